The van der Waals surface area contributed by atoms with Gasteiger partial charge in [0.25, 0.3) is 0 Å². The number of nitrogens with one attached hydrogen (secondary N) is 1. The van der Waals surface area contributed by atoms with E-state index in [0.717, 1.165) is 16.3 Å². The van der Waals surface area contributed by atoms with Crippen LogP contribution in [0, 0.1) is 0 Å². The first kappa shape index (κ1) is 22.3. The topological polar surface area (TPSA) is 114 Å². The monoisotopic (exact) mass is 471 g/mol. The molecule has 3 N–H and O–H groups in total. The number of ether oxygens (including phenoxy) is 3. The summed E-state index contributed by atoms with van der Waals surface area (Å²) in [5.74, 6) is 1.82. The third-order valence-corrected chi connectivity index (χ3v) is 6.15. The molecule has 1 aliphatic rings. The minimum absolute atomic E-state index is 0.362. The number of nitrogens with zero attached hydrogens (tertiary/aromatic N) is 3. The molecule has 1 aliphatic heterocycles. The molecule has 35 heavy (non-hydrogen) atoms. The molecule has 0 fully saturated rings. The van der Waals surface area contributed by atoms with Crippen molar-refractivity contribution in [3.05, 3.63) is 71.4 Å². The fourth-order valence-electron chi connectivity index (χ4n) is 4.57. The van der Waals surface area contributed by atoms with E-state index in [1.807, 2.05) is 42.5 Å². The highest BCUT2D eigenvalue weighted by Crippen LogP contribution is 2.44. The molecule has 1 aromatic heterocycles. The second-order valence-corrected chi connectivity index (χ2v) is 8.12. The number of fused-ring (bicyclic) bond motifs is 2. The molecule has 0 spiro atoms. The molecular formula is C26H25N5O4. The highest BCUT2D eigenvalue weighted by atomic mass is 16.5. The Labute approximate surface area is 202 Å². The lowest BCUT2D eigenvalue weighted by molar-refractivity contribution is -0.115. The van der Waals surface area contributed by atoms with E-state index in [1.54, 1.807) is 38.0 Å². The van der Waals surface area contributed by atoms with E-state index in [2.05, 4.69) is 5.32 Å². The van der Waals surface area contributed by atoms with Crippen molar-refractivity contribution in [2.45, 2.75) is 13.0 Å². The van der Waals surface area contributed by atoms with Crippen LogP contribution in [0.5, 0.6) is 17.2 Å². The van der Waals surface area contributed by atoms with Gasteiger partial charge in [0, 0.05) is 11.3 Å². The number of nitrogens with two attached hydrogens (primary N) is 1. The molecule has 1 amide bonds. The van der Waals surface area contributed by atoms with Gasteiger partial charge in [-0.05, 0) is 35.4 Å². The van der Waals surface area contributed by atoms with Gasteiger partial charge in [0.1, 0.15) is 6.04 Å². The largest absolute Gasteiger partial charge is 0.493 e. The summed E-state index contributed by atoms with van der Waals surface area (Å²) < 4.78 is 18.2. The second kappa shape index (κ2) is 8.68. The van der Waals surface area contributed by atoms with E-state index in [9.17, 15) is 4.79 Å². The van der Waals surface area contributed by atoms with Crippen LogP contribution in [0.2, 0.25) is 0 Å². The standard InChI is InChI=1S/C26H25N5O4/c1-14-21(24(27)32)22(16-12-19(33-2)23(35-4)20(13-16)34-3)31-26(28-14)29-25(30-31)18-11-7-9-15-8-5-6-10-17(15)18/h5-13,22H,1-4H3,(H2,27,32)(H,28,29,30). The maximum atomic E-state index is 12.6. The van der Waals surface area contributed by atoms with Crippen molar-refractivity contribution in [3.63, 3.8) is 0 Å². The lowest BCUT2D eigenvalue weighted by Crippen LogP contribution is -2.31. The van der Waals surface area contributed by atoms with Crippen LogP contribution in [0.1, 0.15) is 18.5 Å². The molecule has 0 radical (unpaired) electrons. The van der Waals surface area contributed by atoms with Gasteiger partial charge in [-0.3, -0.25) is 4.79 Å². The number of rotatable bonds is 6. The van der Waals surface area contributed by atoms with Gasteiger partial charge in [-0.1, -0.05) is 42.5 Å². The SMILES string of the molecule is COc1cc(C2C(C(N)=O)=C(C)Nc3nc(-c4cccc5ccccc45)nn32)cc(OC)c1OC. The van der Waals surface area contributed by atoms with Crippen molar-refractivity contribution < 1.29 is 19.0 Å². The van der Waals surface area contributed by atoms with Crippen LogP contribution in [0.4, 0.5) is 5.95 Å². The number of hydrogen-bond donors (Lipinski definition) is 2. The molecule has 0 bridgehead atoms. The fraction of sp³-hybridized carbons (Fsp3) is 0.192. The van der Waals surface area contributed by atoms with Crippen LogP contribution < -0.4 is 25.3 Å². The number of carbonyl (C=O) groups excluding carboxylic acids is 1. The van der Waals surface area contributed by atoms with Gasteiger partial charge in [-0.15, -0.1) is 5.10 Å². The minimum Gasteiger partial charge on any atom is -0.493 e. The Morgan fingerprint density at radius 2 is 1.69 bits per heavy atom. The average molecular weight is 472 g/mol. The minimum atomic E-state index is -0.659. The summed E-state index contributed by atoms with van der Waals surface area (Å²) in [6.45, 7) is 1.79. The average Bonchev–Trinajstić information content (AvgIpc) is 3.29. The molecule has 1 atom stereocenters. The van der Waals surface area contributed by atoms with E-state index in [4.69, 9.17) is 30.0 Å². The molecule has 1 unspecified atom stereocenters. The number of benzene rings is 3. The lowest BCUT2D eigenvalue weighted by Gasteiger charge is -2.28. The molecule has 0 saturated heterocycles. The van der Waals surface area contributed by atoms with Gasteiger partial charge in [-0.25, -0.2) is 4.68 Å². The highest BCUT2D eigenvalue weighted by molar-refractivity contribution is 5.96. The predicted octanol–water partition coefficient (Wildman–Crippen LogP) is 3.90. The summed E-state index contributed by atoms with van der Waals surface area (Å²) >= 11 is 0. The first-order chi connectivity index (χ1) is 17.0. The lowest BCUT2D eigenvalue weighted by atomic mass is 9.94. The number of amides is 1. The molecule has 5 rings (SSSR count). The van der Waals surface area contributed by atoms with E-state index in [1.165, 1.54) is 7.11 Å². The predicted molar refractivity (Wildman–Crippen MR) is 133 cm³/mol. The third-order valence-electron chi connectivity index (χ3n) is 6.15. The number of methoxy groups -OCH3 is 3. The van der Waals surface area contributed by atoms with Crippen molar-refractivity contribution in [3.8, 4) is 28.6 Å². The molecular weight excluding hydrogens is 446 g/mol. The molecule has 4 aromatic rings. The second-order valence-electron chi connectivity index (χ2n) is 8.12. The van der Waals surface area contributed by atoms with Gasteiger partial charge in [0.05, 0.1) is 26.9 Å². The summed E-state index contributed by atoms with van der Waals surface area (Å²) in [7, 11) is 4.62. The number of aromatic nitrogens is 3. The van der Waals surface area contributed by atoms with Gasteiger partial charge in [0.2, 0.25) is 17.6 Å². The quantitative estimate of drug-likeness (QED) is 0.438. The molecule has 9 nitrogen and oxygen atoms in total. The van der Waals surface area contributed by atoms with Crippen LogP contribution in [-0.2, 0) is 4.79 Å². The van der Waals surface area contributed by atoms with Crippen LogP contribution >= 0.6 is 0 Å². The number of primary amides is 1. The van der Waals surface area contributed by atoms with Crippen molar-refractivity contribution in [2.24, 2.45) is 5.73 Å². The Balaban J connectivity index is 1.73. The fourth-order valence-corrected chi connectivity index (χ4v) is 4.57. The number of hydrogen-bond acceptors (Lipinski definition) is 7. The summed E-state index contributed by atoms with van der Waals surface area (Å²) in [6.07, 6.45) is 0. The zero-order valence-corrected chi connectivity index (χ0v) is 19.8. The van der Waals surface area contributed by atoms with Crippen molar-refractivity contribution in [2.75, 3.05) is 26.6 Å². The Morgan fingerprint density at radius 3 is 2.34 bits per heavy atom. The van der Waals surface area contributed by atoms with Crippen LogP contribution in [0.25, 0.3) is 22.2 Å². The Morgan fingerprint density at radius 1 is 1.00 bits per heavy atom. The van der Waals surface area contributed by atoms with E-state index < -0.39 is 11.9 Å². The smallest absolute Gasteiger partial charge is 0.248 e. The van der Waals surface area contributed by atoms with E-state index in [-0.39, 0.29) is 0 Å². The number of carbonyl (C=O) groups is 1. The number of anilines is 1. The summed E-state index contributed by atoms with van der Waals surface area (Å²) in [5, 5.41) is 10.1. The van der Waals surface area contributed by atoms with Crippen LogP contribution in [0.15, 0.2) is 65.9 Å². The normalized spacial score (nSPS) is 14.9. The molecule has 0 saturated carbocycles. The summed E-state index contributed by atoms with van der Waals surface area (Å²) in [4.78, 5) is 17.4. The first-order valence-corrected chi connectivity index (χ1v) is 11.0. The van der Waals surface area contributed by atoms with Crippen molar-refractivity contribution in [1.82, 2.24) is 14.8 Å². The molecule has 3 aromatic carbocycles. The van der Waals surface area contributed by atoms with Crippen molar-refractivity contribution >= 4 is 22.6 Å². The Hall–Kier alpha value is -4.53. The first-order valence-electron chi connectivity index (χ1n) is 11.0. The molecule has 9 heteroatoms. The third kappa shape index (κ3) is 3.61. The molecule has 2 heterocycles. The Kier molecular flexibility index (Phi) is 5.52. The van der Waals surface area contributed by atoms with Gasteiger partial charge < -0.3 is 25.3 Å². The maximum Gasteiger partial charge on any atom is 0.248 e. The zero-order valence-electron chi connectivity index (χ0n) is 19.8. The van der Waals surface area contributed by atoms with E-state index in [0.29, 0.717) is 45.9 Å². The summed E-state index contributed by atoms with van der Waals surface area (Å²) in [5.41, 5.74) is 8.37. The summed E-state index contributed by atoms with van der Waals surface area (Å²) in [6, 6.07) is 17.0. The molecule has 0 aliphatic carbocycles. The maximum absolute atomic E-state index is 12.6. The van der Waals surface area contributed by atoms with E-state index >= 15 is 0 Å². The van der Waals surface area contributed by atoms with Crippen LogP contribution in [-0.4, -0.2) is 42.0 Å². The number of allylic oxidation sites excluding steroid dienone is 1. The highest BCUT2D eigenvalue weighted by Gasteiger charge is 2.35. The van der Waals surface area contributed by atoms with Gasteiger partial charge in [0.15, 0.2) is 17.3 Å². The van der Waals surface area contributed by atoms with Crippen molar-refractivity contribution in [1.29, 1.82) is 0 Å². The van der Waals surface area contributed by atoms with Gasteiger partial charge >= 0.3 is 0 Å². The zero-order chi connectivity index (χ0) is 24.7. The van der Waals surface area contributed by atoms with Gasteiger partial charge in [-0.2, -0.15) is 4.98 Å². The van der Waals surface area contributed by atoms with Crippen LogP contribution in [0.3, 0.4) is 0 Å². The Bertz CT molecular complexity index is 1460. The molecule has 178 valence electrons.